The predicted molar refractivity (Wildman–Crippen MR) is 75.9 cm³/mol. The number of halogens is 1. The van der Waals surface area contributed by atoms with Gasteiger partial charge in [-0.1, -0.05) is 0 Å². The van der Waals surface area contributed by atoms with Crippen LogP contribution < -0.4 is 0 Å². The molecule has 19 heavy (non-hydrogen) atoms. The summed E-state index contributed by atoms with van der Waals surface area (Å²) in [5.74, 6) is 0.0793. The van der Waals surface area contributed by atoms with E-state index >= 15 is 0 Å². The minimum atomic E-state index is -0.0309. The molecule has 0 aliphatic carbocycles. The molecule has 2 heterocycles. The maximum Gasteiger partial charge on any atom is 0.255 e. The van der Waals surface area contributed by atoms with Crippen molar-refractivity contribution in [3.05, 3.63) is 28.5 Å². The summed E-state index contributed by atoms with van der Waals surface area (Å²) in [6.07, 6.45) is 3.23. The lowest BCUT2D eigenvalue weighted by Gasteiger charge is -2.23. The van der Waals surface area contributed by atoms with Crippen LogP contribution in [-0.2, 0) is 0 Å². The molecule has 1 fully saturated rings. The predicted octanol–water partition coefficient (Wildman–Crippen LogP) is 0.839. The van der Waals surface area contributed by atoms with E-state index in [1.807, 2.05) is 14.1 Å². The number of likely N-dealkylation sites (N-methyl/N-ethyl adjacent to an activating group) is 1. The summed E-state index contributed by atoms with van der Waals surface area (Å²) >= 11 is 3.32. The molecule has 2 atom stereocenters. The monoisotopic (exact) mass is 327 g/mol. The van der Waals surface area contributed by atoms with E-state index in [9.17, 15) is 9.90 Å². The summed E-state index contributed by atoms with van der Waals surface area (Å²) in [4.78, 5) is 20.3. The van der Waals surface area contributed by atoms with Gasteiger partial charge in [0.1, 0.15) is 0 Å². The van der Waals surface area contributed by atoms with E-state index in [0.717, 1.165) is 4.47 Å². The molecular formula is C13H18BrN3O2. The first-order chi connectivity index (χ1) is 9.02. The molecule has 2 rings (SSSR count). The molecule has 6 heteroatoms. The van der Waals surface area contributed by atoms with E-state index in [1.165, 1.54) is 0 Å². The molecule has 0 aromatic carbocycles. The topological polar surface area (TPSA) is 56.7 Å². The molecule has 1 aliphatic heterocycles. The van der Waals surface area contributed by atoms with Crippen LogP contribution in [0.25, 0.3) is 0 Å². The first-order valence-corrected chi connectivity index (χ1v) is 6.99. The van der Waals surface area contributed by atoms with Crippen molar-refractivity contribution < 1.29 is 9.90 Å². The van der Waals surface area contributed by atoms with Gasteiger partial charge < -0.3 is 14.9 Å². The molecule has 0 saturated carbocycles. The molecule has 0 spiro atoms. The van der Waals surface area contributed by atoms with E-state index in [1.54, 1.807) is 23.4 Å². The van der Waals surface area contributed by atoms with Crippen molar-refractivity contribution in [3.63, 3.8) is 0 Å². The summed E-state index contributed by atoms with van der Waals surface area (Å²) in [5.41, 5.74) is 0.575. The van der Waals surface area contributed by atoms with Gasteiger partial charge in [0.05, 0.1) is 5.56 Å². The van der Waals surface area contributed by atoms with Crippen LogP contribution in [-0.4, -0.2) is 65.6 Å². The van der Waals surface area contributed by atoms with Gasteiger partial charge in [0.15, 0.2) is 0 Å². The van der Waals surface area contributed by atoms with Crippen molar-refractivity contribution >= 4 is 21.8 Å². The highest BCUT2D eigenvalue weighted by molar-refractivity contribution is 9.10. The van der Waals surface area contributed by atoms with Gasteiger partial charge in [-0.3, -0.25) is 9.78 Å². The van der Waals surface area contributed by atoms with Gasteiger partial charge in [-0.2, -0.15) is 0 Å². The Balaban J connectivity index is 2.13. The highest BCUT2D eigenvalue weighted by atomic mass is 79.9. The number of rotatable bonds is 3. The highest BCUT2D eigenvalue weighted by Crippen LogP contribution is 2.22. The van der Waals surface area contributed by atoms with Crippen molar-refractivity contribution in [1.82, 2.24) is 14.8 Å². The summed E-state index contributed by atoms with van der Waals surface area (Å²) in [7, 11) is 3.95. The maximum absolute atomic E-state index is 12.4. The highest BCUT2D eigenvalue weighted by Gasteiger charge is 2.36. The first-order valence-electron chi connectivity index (χ1n) is 6.20. The summed E-state index contributed by atoms with van der Waals surface area (Å²) in [6.45, 7) is 1.33. The molecule has 0 unspecified atom stereocenters. The number of amides is 1. The molecule has 1 aliphatic rings. The van der Waals surface area contributed by atoms with E-state index in [2.05, 4.69) is 25.8 Å². The molecule has 1 aromatic heterocycles. The maximum atomic E-state index is 12.4. The molecule has 1 saturated heterocycles. The smallest absolute Gasteiger partial charge is 0.255 e. The number of hydrogen-bond acceptors (Lipinski definition) is 4. The van der Waals surface area contributed by atoms with E-state index < -0.39 is 0 Å². The second-order valence-corrected chi connectivity index (χ2v) is 5.99. The third kappa shape index (κ3) is 3.13. The Bertz CT molecular complexity index is 467. The number of hydrogen-bond donors (Lipinski definition) is 1. The Kier molecular flexibility index (Phi) is 4.54. The first kappa shape index (κ1) is 14.4. The van der Waals surface area contributed by atoms with Gasteiger partial charge in [-0.05, 0) is 36.1 Å². The normalized spacial score (nSPS) is 23.1. The van der Waals surface area contributed by atoms with Gasteiger partial charge >= 0.3 is 0 Å². The Labute approximate surface area is 121 Å². The zero-order valence-corrected chi connectivity index (χ0v) is 12.7. The number of carbonyl (C=O) groups is 1. The summed E-state index contributed by atoms with van der Waals surface area (Å²) < 4.78 is 0.792. The van der Waals surface area contributed by atoms with E-state index in [-0.39, 0.29) is 24.5 Å². The number of aliphatic hydroxyl groups is 1. The molecule has 0 bridgehead atoms. The van der Waals surface area contributed by atoms with Crippen LogP contribution in [0, 0.1) is 5.92 Å². The van der Waals surface area contributed by atoms with Crippen molar-refractivity contribution in [2.75, 3.05) is 33.8 Å². The average Bonchev–Trinajstić information content (AvgIpc) is 2.82. The minimum Gasteiger partial charge on any atom is -0.396 e. The van der Waals surface area contributed by atoms with Crippen molar-refractivity contribution in [2.45, 2.75) is 6.04 Å². The van der Waals surface area contributed by atoms with Crippen molar-refractivity contribution in [1.29, 1.82) is 0 Å². The third-order valence-corrected chi connectivity index (χ3v) is 3.98. The van der Waals surface area contributed by atoms with E-state index in [0.29, 0.717) is 18.7 Å². The van der Waals surface area contributed by atoms with Gasteiger partial charge in [-0.15, -0.1) is 0 Å². The largest absolute Gasteiger partial charge is 0.396 e. The fourth-order valence-electron chi connectivity index (χ4n) is 2.50. The molecule has 1 N–H and O–H groups in total. The lowest BCUT2D eigenvalue weighted by molar-refractivity contribution is 0.0778. The fourth-order valence-corrected chi connectivity index (χ4v) is 2.86. The van der Waals surface area contributed by atoms with Crippen LogP contribution in [0.5, 0.6) is 0 Å². The number of nitrogens with zero attached hydrogens (tertiary/aromatic N) is 3. The number of likely N-dealkylation sites (tertiary alicyclic amines) is 1. The van der Waals surface area contributed by atoms with Gasteiger partial charge in [0.2, 0.25) is 0 Å². The van der Waals surface area contributed by atoms with Gasteiger partial charge in [0, 0.05) is 48.5 Å². The zero-order chi connectivity index (χ0) is 14.0. The average molecular weight is 328 g/mol. The summed E-state index contributed by atoms with van der Waals surface area (Å²) in [6, 6.07) is 1.97. The quantitative estimate of drug-likeness (QED) is 0.893. The van der Waals surface area contributed by atoms with Crippen molar-refractivity contribution in [3.8, 4) is 0 Å². The van der Waals surface area contributed by atoms with E-state index in [4.69, 9.17) is 0 Å². The second kappa shape index (κ2) is 5.98. The second-order valence-electron chi connectivity index (χ2n) is 5.08. The standard InChI is InChI=1S/C13H18BrN3O2/c1-16(2)12-7-17(6-10(12)8-18)13(19)9-3-11(14)5-15-4-9/h3-5,10,12,18H,6-8H2,1-2H3/t10-,12+/m0/s1. The van der Waals surface area contributed by atoms with Crippen molar-refractivity contribution in [2.24, 2.45) is 5.92 Å². The Morgan fingerprint density at radius 1 is 1.53 bits per heavy atom. The summed E-state index contributed by atoms with van der Waals surface area (Å²) in [5, 5.41) is 9.42. The lowest BCUT2D eigenvalue weighted by Crippen LogP contribution is -2.37. The lowest BCUT2D eigenvalue weighted by atomic mass is 10.0. The van der Waals surface area contributed by atoms with Crippen LogP contribution in [0.1, 0.15) is 10.4 Å². The van der Waals surface area contributed by atoms with Gasteiger partial charge in [0.25, 0.3) is 5.91 Å². The minimum absolute atomic E-state index is 0.0309. The Hall–Kier alpha value is -0.980. The number of aliphatic hydroxyl groups excluding tert-OH is 1. The number of pyridine rings is 1. The number of aromatic nitrogens is 1. The Morgan fingerprint density at radius 2 is 2.26 bits per heavy atom. The third-order valence-electron chi connectivity index (χ3n) is 3.54. The molecule has 5 nitrogen and oxygen atoms in total. The molecule has 0 radical (unpaired) electrons. The molecule has 1 amide bonds. The zero-order valence-electron chi connectivity index (χ0n) is 11.1. The Morgan fingerprint density at radius 3 is 2.79 bits per heavy atom. The van der Waals surface area contributed by atoms with Crippen LogP contribution in [0.3, 0.4) is 0 Å². The van der Waals surface area contributed by atoms with Gasteiger partial charge in [-0.25, -0.2) is 0 Å². The molecular weight excluding hydrogens is 310 g/mol. The molecule has 1 aromatic rings. The SMILES string of the molecule is CN(C)[C@@H]1CN(C(=O)c2cncc(Br)c2)C[C@H]1CO. The van der Waals surface area contributed by atoms with Crippen LogP contribution in [0.15, 0.2) is 22.9 Å². The molecule has 104 valence electrons. The number of carbonyl (C=O) groups excluding carboxylic acids is 1. The van der Waals surface area contributed by atoms with Crippen LogP contribution in [0.2, 0.25) is 0 Å². The fraction of sp³-hybridized carbons (Fsp3) is 0.538. The van der Waals surface area contributed by atoms with Crippen LogP contribution in [0.4, 0.5) is 0 Å². The van der Waals surface area contributed by atoms with Crippen LogP contribution >= 0.6 is 15.9 Å².